The molecule has 0 aliphatic heterocycles. The summed E-state index contributed by atoms with van der Waals surface area (Å²) in [6.45, 7) is 4.01. The van der Waals surface area contributed by atoms with E-state index in [1.807, 2.05) is 33.3 Å². The normalized spacial score (nSPS) is 14.1. The first-order chi connectivity index (χ1) is 36.0. The fraction of sp³-hybridized carbons (Fsp3) is 0.292. The summed E-state index contributed by atoms with van der Waals surface area (Å²) in [5.74, 6) is -0.870. The predicted octanol–water partition coefficient (Wildman–Crippen LogP) is 4.93. The van der Waals surface area contributed by atoms with Gasteiger partial charge in [0.25, 0.3) is 11.8 Å². The number of ether oxygens (including phenoxy) is 2. The zero-order chi connectivity index (χ0) is 51.0. The van der Waals surface area contributed by atoms with Crippen LogP contribution in [0.15, 0.2) is 98.4 Å². The number of halogens is 2. The second kappa shape index (κ2) is 19.7. The maximum Gasteiger partial charge on any atom is 0.273 e. The van der Waals surface area contributed by atoms with Crippen molar-refractivity contribution in [3.8, 4) is 22.9 Å². The van der Waals surface area contributed by atoms with Gasteiger partial charge in [0.2, 0.25) is 0 Å². The van der Waals surface area contributed by atoms with Crippen LogP contribution in [-0.2, 0) is 13.1 Å². The lowest BCUT2D eigenvalue weighted by Gasteiger charge is -2.19. The maximum absolute atomic E-state index is 15.2. The molecule has 10 aromatic rings. The Labute approximate surface area is 418 Å². The van der Waals surface area contributed by atoms with E-state index in [2.05, 4.69) is 96.8 Å². The lowest BCUT2D eigenvalue weighted by molar-refractivity contribution is 0.0925. The number of pyridine rings is 2. The summed E-state index contributed by atoms with van der Waals surface area (Å²) in [7, 11) is 2.74. The number of hydrogen-bond donors (Lipinski definition) is 2. The number of carbonyl (C=O) groups is 2. The van der Waals surface area contributed by atoms with Gasteiger partial charge in [-0.3, -0.25) is 9.59 Å². The van der Waals surface area contributed by atoms with Crippen molar-refractivity contribution in [3.05, 3.63) is 155 Å². The van der Waals surface area contributed by atoms with Gasteiger partial charge in [-0.25, -0.2) is 37.5 Å². The molecule has 24 nitrogen and oxygen atoms in total. The molecule has 8 heterocycles. The molecule has 8 aromatic heterocycles. The molecule has 2 saturated carbocycles. The minimum absolute atomic E-state index is 0.0376. The lowest BCUT2D eigenvalue weighted by Crippen LogP contribution is -2.28. The molecule has 0 radical (unpaired) electrons. The Bertz CT molecular complexity index is 3420. The van der Waals surface area contributed by atoms with Crippen LogP contribution in [0.3, 0.4) is 0 Å². The molecule has 0 spiro atoms. The van der Waals surface area contributed by atoms with Gasteiger partial charge in [0.05, 0.1) is 74.5 Å². The van der Waals surface area contributed by atoms with E-state index in [-0.39, 0.29) is 34.0 Å². The van der Waals surface area contributed by atoms with Gasteiger partial charge in [-0.05, 0) is 120 Å². The van der Waals surface area contributed by atoms with E-state index in [1.54, 1.807) is 35.3 Å². The quantitative estimate of drug-likeness (QED) is 0.130. The highest BCUT2D eigenvalue weighted by atomic mass is 19.1. The third-order valence-electron chi connectivity index (χ3n) is 12.8. The van der Waals surface area contributed by atoms with Crippen LogP contribution in [0.5, 0.6) is 11.5 Å². The van der Waals surface area contributed by atoms with Gasteiger partial charge in [-0.15, -0.1) is 20.4 Å². The molecule has 2 aliphatic carbocycles. The summed E-state index contributed by atoms with van der Waals surface area (Å²) in [5, 5.41) is 43.8. The van der Waals surface area contributed by atoms with Crippen LogP contribution < -0.4 is 20.1 Å². The lowest BCUT2D eigenvalue weighted by atomic mass is 10.0. The maximum atomic E-state index is 15.2. The average molecular weight is 1010 g/mol. The van der Waals surface area contributed by atoms with Gasteiger partial charge in [0, 0.05) is 35.9 Å². The summed E-state index contributed by atoms with van der Waals surface area (Å²) in [6, 6.07) is 12.9. The number of carbonyl (C=O) groups excluding carboxylic acids is 2. The van der Waals surface area contributed by atoms with Crippen LogP contribution in [-0.4, -0.2) is 115 Å². The van der Waals surface area contributed by atoms with Gasteiger partial charge in [-0.2, -0.15) is 0 Å². The molecule has 0 saturated heterocycles. The fourth-order valence-corrected chi connectivity index (χ4v) is 8.78. The van der Waals surface area contributed by atoms with Crippen molar-refractivity contribution in [3.63, 3.8) is 0 Å². The van der Waals surface area contributed by atoms with Gasteiger partial charge >= 0.3 is 0 Å². The van der Waals surface area contributed by atoms with Crippen molar-refractivity contribution >= 4 is 23.1 Å². The first-order valence-corrected chi connectivity index (χ1v) is 23.6. The topological polar surface area (TPSA) is 260 Å². The number of nitrogens with zero attached hydrogens (tertiary/aromatic N) is 18. The number of imidazole rings is 2. The van der Waals surface area contributed by atoms with E-state index in [4.69, 9.17) is 9.47 Å². The Kier molecular flexibility index (Phi) is 12.5. The highest BCUT2D eigenvalue weighted by molar-refractivity contribution is 5.92. The third-order valence-corrected chi connectivity index (χ3v) is 12.8. The Morgan fingerprint density at radius 2 is 1.03 bits per heavy atom. The van der Waals surface area contributed by atoms with E-state index in [0.717, 1.165) is 22.7 Å². The summed E-state index contributed by atoms with van der Waals surface area (Å²) in [6.07, 6.45) is 18.8. The molecule has 26 heteroatoms. The van der Waals surface area contributed by atoms with Crippen molar-refractivity contribution in [2.75, 3.05) is 14.2 Å². The summed E-state index contributed by atoms with van der Waals surface area (Å²) >= 11 is 0. The highest BCUT2D eigenvalue weighted by Gasteiger charge is 2.28. The summed E-state index contributed by atoms with van der Waals surface area (Å²) < 4.78 is 50.5. The number of nitrogens with one attached hydrogen (secondary N) is 2. The molecule has 376 valence electrons. The van der Waals surface area contributed by atoms with Gasteiger partial charge < -0.3 is 28.9 Å². The second-order valence-corrected chi connectivity index (χ2v) is 18.0. The van der Waals surface area contributed by atoms with Crippen LogP contribution in [0.4, 0.5) is 8.78 Å². The number of hydrogen-bond acceptors (Lipinski definition) is 16. The molecular weight excluding hydrogens is 959 g/mol. The molecule has 0 bridgehead atoms. The molecular formula is C48H46F2N20O4. The zero-order valence-electron chi connectivity index (χ0n) is 40.2. The molecule has 2 aliphatic rings. The van der Waals surface area contributed by atoms with E-state index in [1.165, 1.54) is 97.6 Å². The highest BCUT2D eigenvalue weighted by Crippen LogP contribution is 2.41. The van der Waals surface area contributed by atoms with Crippen LogP contribution in [0, 0.1) is 11.6 Å². The Morgan fingerprint density at radius 1 is 0.595 bits per heavy atom. The molecule has 2 atom stereocenters. The van der Waals surface area contributed by atoms with Crippen molar-refractivity contribution in [1.82, 2.24) is 99.8 Å². The number of methoxy groups -OCH3 is 2. The first kappa shape index (κ1) is 47.0. The van der Waals surface area contributed by atoms with Crippen LogP contribution >= 0.6 is 0 Å². The van der Waals surface area contributed by atoms with Crippen molar-refractivity contribution in [2.45, 2.75) is 76.5 Å². The third kappa shape index (κ3) is 9.70. The minimum Gasteiger partial charge on any atom is -0.494 e. The van der Waals surface area contributed by atoms with Crippen LogP contribution in [0.1, 0.15) is 118 Å². The summed E-state index contributed by atoms with van der Waals surface area (Å²) in [5.41, 5.74) is 7.21. The molecule has 2 amide bonds. The van der Waals surface area contributed by atoms with E-state index >= 15 is 8.78 Å². The molecule has 2 unspecified atom stereocenters. The molecule has 12 rings (SSSR count). The molecule has 2 N–H and O–H groups in total. The molecule has 2 aromatic carbocycles. The number of rotatable bonds is 16. The number of tetrazole rings is 2. The largest absolute Gasteiger partial charge is 0.494 e. The monoisotopic (exact) mass is 1000 g/mol. The van der Waals surface area contributed by atoms with E-state index < -0.39 is 35.5 Å². The van der Waals surface area contributed by atoms with Crippen LogP contribution in [0.25, 0.3) is 22.7 Å². The smallest absolute Gasteiger partial charge is 0.273 e. The fourth-order valence-electron chi connectivity index (χ4n) is 8.78. The Morgan fingerprint density at radius 3 is 1.41 bits per heavy atom. The van der Waals surface area contributed by atoms with E-state index in [9.17, 15) is 9.59 Å². The van der Waals surface area contributed by atoms with Crippen LogP contribution in [0.2, 0.25) is 0 Å². The molecule has 74 heavy (non-hydrogen) atoms. The van der Waals surface area contributed by atoms with Crippen molar-refractivity contribution < 1.29 is 27.8 Å². The summed E-state index contributed by atoms with van der Waals surface area (Å²) in [4.78, 5) is 35.2. The van der Waals surface area contributed by atoms with Gasteiger partial charge in [0.15, 0.2) is 34.5 Å². The number of amides is 2. The Balaban J connectivity index is 0.000000159. The van der Waals surface area contributed by atoms with E-state index in [0.29, 0.717) is 36.3 Å². The Hall–Kier alpha value is -9.36. The van der Waals surface area contributed by atoms with Gasteiger partial charge in [0.1, 0.15) is 23.9 Å². The number of fused-ring (bicyclic) bond motifs is 2. The molecule has 2 fully saturated rings. The second-order valence-electron chi connectivity index (χ2n) is 18.0. The van der Waals surface area contributed by atoms with Crippen molar-refractivity contribution in [1.29, 1.82) is 0 Å². The number of aromatic nitrogens is 18. The van der Waals surface area contributed by atoms with Crippen molar-refractivity contribution in [2.24, 2.45) is 0 Å². The minimum atomic E-state index is -0.758. The average Bonchev–Trinajstić information content (AvgIpc) is 3.86. The standard InChI is InChI=1S/2C24H23FN10O2/c2*1-14(22-19(35-13-26-30-32-35)6-7-20(37-2)23(22)25)27-24(36)18-12-34(31-29-18)11-17-10-33-9-16(15-3-4-15)5-8-21(33)28-17/h2*5-10,12-15H,3-4,11H2,1-2H3,(H,27,36). The number of benzene rings is 2. The zero-order valence-corrected chi connectivity index (χ0v) is 40.2. The first-order valence-electron chi connectivity index (χ1n) is 23.6. The van der Waals surface area contributed by atoms with Gasteiger partial charge in [-0.1, -0.05) is 22.6 Å². The SMILES string of the molecule is COc1ccc(-n2cnnn2)c(C(C)NC(=O)c2cn(Cc3cn4cc(C5CC5)ccc4n3)nn2)c1F.COc1ccc(-n2cnnn2)c(C(C)NC(=O)c2cn(Cc3cn4cc(C5CC5)ccc4n3)nn2)c1F. The predicted molar refractivity (Wildman–Crippen MR) is 256 cm³/mol.